The number of hydrogen-bond donors (Lipinski definition) is 0. The Morgan fingerprint density at radius 3 is 2.14 bits per heavy atom. The van der Waals surface area contributed by atoms with E-state index in [1.807, 2.05) is 0 Å². The highest BCUT2D eigenvalue weighted by atomic mass is 16.7. The van der Waals surface area contributed by atoms with Gasteiger partial charge in [-0.25, -0.2) is 9.59 Å². The van der Waals surface area contributed by atoms with E-state index in [2.05, 4.69) is 5.92 Å². The molecule has 2 aliphatic rings. The minimum atomic E-state index is -1.23. The van der Waals surface area contributed by atoms with Gasteiger partial charge in [0, 0.05) is 0 Å². The lowest BCUT2D eigenvalue weighted by Crippen LogP contribution is -2.46. The largest absolute Gasteiger partial charge is 0.508 e. The number of ether oxygens (including phenoxy) is 6. The van der Waals surface area contributed by atoms with Crippen molar-refractivity contribution in [1.29, 1.82) is 0 Å². The van der Waals surface area contributed by atoms with Crippen LogP contribution in [-0.4, -0.2) is 63.9 Å². The number of cyclic esters (lactones) is 4. The van der Waals surface area contributed by atoms with Gasteiger partial charge >= 0.3 is 24.2 Å². The highest BCUT2D eigenvalue weighted by Crippen LogP contribution is 2.30. The molecule has 2 fully saturated rings. The number of hydrogen-bond acceptors (Lipinski definition) is 10. The molecule has 0 aromatic rings. The standard InChI is InChI=1S/C18H20O10/c1-3-7-23-14(20)18(11-27-16(22)28-12-18)6-4-5-8-24-13(19)17(2)9-25-15(21)26-10-17/h1,4-5H,6-12H2,2H3/b5-4-. The topological polar surface area (TPSA) is 124 Å². The molecule has 2 aliphatic heterocycles. The third kappa shape index (κ3) is 5.16. The van der Waals surface area contributed by atoms with E-state index < -0.39 is 35.1 Å². The van der Waals surface area contributed by atoms with Crippen molar-refractivity contribution in [3.63, 3.8) is 0 Å². The summed E-state index contributed by atoms with van der Waals surface area (Å²) in [6.45, 7) is 0.526. The van der Waals surface area contributed by atoms with E-state index in [1.165, 1.54) is 6.08 Å². The molecule has 0 N–H and O–H groups in total. The fraction of sp³-hybridized carbons (Fsp3) is 0.556. The number of allylic oxidation sites excluding steroid dienone is 1. The number of carbonyl (C=O) groups excluding carboxylic acids is 4. The van der Waals surface area contributed by atoms with Crippen molar-refractivity contribution in [2.45, 2.75) is 13.3 Å². The summed E-state index contributed by atoms with van der Waals surface area (Å²) in [5.74, 6) is 0.928. The number of terminal acetylenes is 1. The average molecular weight is 396 g/mol. The Labute approximate surface area is 161 Å². The Balaban J connectivity index is 1.87. The predicted molar refractivity (Wildman–Crippen MR) is 89.6 cm³/mol. The van der Waals surface area contributed by atoms with Gasteiger partial charge in [0.15, 0.2) is 6.61 Å². The lowest BCUT2D eigenvalue weighted by atomic mass is 9.85. The summed E-state index contributed by atoms with van der Waals surface area (Å²) in [4.78, 5) is 46.4. The van der Waals surface area contributed by atoms with Crippen LogP contribution in [0.25, 0.3) is 0 Å². The van der Waals surface area contributed by atoms with E-state index in [-0.39, 0.29) is 46.1 Å². The normalized spacial score (nSPS) is 20.0. The second-order valence-corrected chi connectivity index (χ2v) is 6.55. The highest BCUT2D eigenvalue weighted by Gasteiger charge is 2.45. The third-order valence-electron chi connectivity index (χ3n) is 4.15. The van der Waals surface area contributed by atoms with Crippen LogP contribution in [-0.2, 0) is 38.0 Å². The molecule has 2 rings (SSSR count). The van der Waals surface area contributed by atoms with Crippen LogP contribution in [0.15, 0.2) is 12.2 Å². The zero-order valence-electron chi connectivity index (χ0n) is 15.3. The van der Waals surface area contributed by atoms with Gasteiger partial charge in [-0.05, 0) is 13.3 Å². The summed E-state index contributed by atoms with van der Waals surface area (Å²) >= 11 is 0. The summed E-state index contributed by atoms with van der Waals surface area (Å²) < 4.78 is 29.1. The maximum absolute atomic E-state index is 12.3. The number of rotatable bonds is 7. The van der Waals surface area contributed by atoms with Gasteiger partial charge < -0.3 is 28.4 Å². The fourth-order valence-electron chi connectivity index (χ4n) is 2.37. The molecule has 0 amide bonds. The molecule has 0 bridgehead atoms. The molecule has 0 atom stereocenters. The van der Waals surface area contributed by atoms with Crippen LogP contribution in [0.4, 0.5) is 9.59 Å². The molecule has 2 heterocycles. The van der Waals surface area contributed by atoms with Gasteiger partial charge in [-0.3, -0.25) is 9.59 Å². The zero-order valence-corrected chi connectivity index (χ0v) is 15.3. The minimum absolute atomic E-state index is 0.0848. The average Bonchev–Trinajstić information content (AvgIpc) is 2.69. The van der Waals surface area contributed by atoms with Gasteiger partial charge in [0.05, 0.1) is 0 Å². The first-order valence-corrected chi connectivity index (χ1v) is 8.33. The molecule has 10 nitrogen and oxygen atoms in total. The van der Waals surface area contributed by atoms with Gasteiger partial charge in [-0.15, -0.1) is 6.42 Å². The summed E-state index contributed by atoms with van der Waals surface area (Å²) in [5, 5.41) is 0. The minimum Gasteiger partial charge on any atom is -0.461 e. The molecular weight excluding hydrogens is 376 g/mol. The zero-order chi connectivity index (χ0) is 20.6. The van der Waals surface area contributed by atoms with Crippen molar-refractivity contribution in [3.8, 4) is 12.3 Å². The molecule has 10 heteroatoms. The van der Waals surface area contributed by atoms with Crippen LogP contribution >= 0.6 is 0 Å². The van der Waals surface area contributed by atoms with Gasteiger partial charge in [-0.2, -0.15) is 0 Å². The van der Waals surface area contributed by atoms with Crippen molar-refractivity contribution in [3.05, 3.63) is 12.2 Å². The summed E-state index contributed by atoms with van der Waals surface area (Å²) in [7, 11) is 0. The molecule has 152 valence electrons. The van der Waals surface area contributed by atoms with Crippen LogP contribution in [0.5, 0.6) is 0 Å². The Kier molecular flexibility index (Phi) is 6.87. The predicted octanol–water partition coefficient (Wildman–Crippen LogP) is 0.979. The highest BCUT2D eigenvalue weighted by molar-refractivity contribution is 5.79. The van der Waals surface area contributed by atoms with Gasteiger partial charge in [0.2, 0.25) is 0 Å². The lowest BCUT2D eigenvalue weighted by Gasteiger charge is -2.32. The Morgan fingerprint density at radius 2 is 1.57 bits per heavy atom. The molecule has 0 aliphatic carbocycles. The first kappa shape index (κ1) is 21.1. The van der Waals surface area contributed by atoms with Gasteiger partial charge in [0.1, 0.15) is 43.9 Å². The maximum atomic E-state index is 12.3. The Hall–Kier alpha value is -3.22. The van der Waals surface area contributed by atoms with Gasteiger partial charge in [0.25, 0.3) is 0 Å². The third-order valence-corrected chi connectivity index (χ3v) is 4.15. The molecule has 28 heavy (non-hydrogen) atoms. The molecule has 0 aromatic carbocycles. The first-order valence-electron chi connectivity index (χ1n) is 8.33. The molecule has 0 spiro atoms. The van der Waals surface area contributed by atoms with E-state index in [9.17, 15) is 19.2 Å². The number of esters is 2. The SMILES string of the molecule is C#CCOC(=O)C1(C/C=C\COC(=O)C2(C)COC(=O)OC2)COC(=O)OC1. The molecule has 2 saturated heterocycles. The van der Waals surface area contributed by atoms with E-state index in [4.69, 9.17) is 34.8 Å². The molecule has 0 unspecified atom stereocenters. The van der Waals surface area contributed by atoms with Crippen molar-refractivity contribution in [1.82, 2.24) is 0 Å². The van der Waals surface area contributed by atoms with Crippen molar-refractivity contribution in [2.24, 2.45) is 10.8 Å². The van der Waals surface area contributed by atoms with Crippen molar-refractivity contribution < 1.29 is 47.6 Å². The van der Waals surface area contributed by atoms with E-state index in [0.29, 0.717) is 0 Å². The summed E-state index contributed by atoms with van der Waals surface area (Å²) in [6, 6.07) is 0. The van der Waals surface area contributed by atoms with Crippen molar-refractivity contribution >= 4 is 24.2 Å². The van der Waals surface area contributed by atoms with Gasteiger partial charge in [-0.1, -0.05) is 18.1 Å². The molecule has 0 aromatic heterocycles. The summed E-state index contributed by atoms with van der Waals surface area (Å²) in [6.07, 6.45) is 6.58. The smallest absolute Gasteiger partial charge is 0.461 e. The molecular formula is C18H20O10. The molecule has 0 radical (unpaired) electrons. The summed E-state index contributed by atoms with van der Waals surface area (Å²) in [5.41, 5.74) is -2.32. The monoisotopic (exact) mass is 396 g/mol. The van der Waals surface area contributed by atoms with Crippen LogP contribution in [0, 0.1) is 23.2 Å². The first-order chi connectivity index (χ1) is 13.3. The molecule has 0 saturated carbocycles. The van der Waals surface area contributed by atoms with Crippen molar-refractivity contribution in [2.75, 3.05) is 39.6 Å². The van der Waals surface area contributed by atoms with E-state index in [1.54, 1.807) is 13.0 Å². The van der Waals surface area contributed by atoms with E-state index >= 15 is 0 Å². The van der Waals surface area contributed by atoms with Crippen LogP contribution in [0.3, 0.4) is 0 Å². The Bertz CT molecular complexity index is 682. The van der Waals surface area contributed by atoms with Crippen LogP contribution in [0.1, 0.15) is 13.3 Å². The fourth-order valence-corrected chi connectivity index (χ4v) is 2.37. The lowest BCUT2D eigenvalue weighted by molar-refractivity contribution is -0.167. The van der Waals surface area contributed by atoms with Crippen LogP contribution < -0.4 is 0 Å². The van der Waals surface area contributed by atoms with Crippen LogP contribution in [0.2, 0.25) is 0 Å². The number of carbonyl (C=O) groups is 4. The second kappa shape index (κ2) is 9.12. The second-order valence-electron chi connectivity index (χ2n) is 6.55. The quantitative estimate of drug-likeness (QED) is 0.266. The maximum Gasteiger partial charge on any atom is 0.508 e. The van der Waals surface area contributed by atoms with E-state index in [0.717, 1.165) is 0 Å². The Morgan fingerprint density at radius 1 is 1.00 bits per heavy atom.